The van der Waals surface area contributed by atoms with Gasteiger partial charge >= 0.3 is 5.97 Å². The Kier molecular flexibility index (Phi) is 6.61. The van der Waals surface area contributed by atoms with Crippen LogP contribution >= 0.6 is 11.6 Å². The Morgan fingerprint density at radius 1 is 1.33 bits per heavy atom. The molecule has 0 bridgehead atoms. The van der Waals surface area contributed by atoms with Gasteiger partial charge in [0.1, 0.15) is 12.3 Å². The van der Waals surface area contributed by atoms with Crippen molar-refractivity contribution in [1.82, 2.24) is 0 Å². The van der Waals surface area contributed by atoms with Crippen LogP contribution in [0, 0.1) is 0 Å². The maximum Gasteiger partial charge on any atom is 0.326 e. The SMILES string of the molecule is CCCCCOC(=O)CN1C(=O)COc2ccc(C(=O)CCl)cc21. The second-order valence-corrected chi connectivity index (χ2v) is 5.70. The van der Waals surface area contributed by atoms with E-state index < -0.39 is 5.97 Å². The highest BCUT2D eigenvalue weighted by Crippen LogP contribution is 2.33. The molecule has 0 fully saturated rings. The van der Waals surface area contributed by atoms with Crippen molar-refractivity contribution in [3.05, 3.63) is 23.8 Å². The van der Waals surface area contributed by atoms with Gasteiger partial charge in [0.15, 0.2) is 12.4 Å². The smallest absolute Gasteiger partial charge is 0.326 e. The number of benzene rings is 1. The fraction of sp³-hybridized carbons (Fsp3) is 0.471. The second-order valence-electron chi connectivity index (χ2n) is 5.44. The molecule has 0 saturated carbocycles. The van der Waals surface area contributed by atoms with E-state index in [1.54, 1.807) is 12.1 Å². The molecule has 0 aromatic heterocycles. The molecule has 1 amide bonds. The van der Waals surface area contributed by atoms with Crippen molar-refractivity contribution in [3.8, 4) is 5.75 Å². The van der Waals surface area contributed by atoms with Crippen molar-refractivity contribution in [2.75, 3.05) is 30.5 Å². The Balaban J connectivity index is 2.11. The van der Waals surface area contributed by atoms with Gasteiger partial charge in [0.05, 0.1) is 18.2 Å². The van der Waals surface area contributed by atoms with E-state index >= 15 is 0 Å². The zero-order chi connectivity index (χ0) is 17.5. The zero-order valence-electron chi connectivity index (χ0n) is 13.5. The van der Waals surface area contributed by atoms with E-state index in [1.807, 2.05) is 0 Å². The first-order valence-electron chi connectivity index (χ1n) is 7.88. The average Bonchev–Trinajstić information content (AvgIpc) is 2.60. The molecule has 130 valence electrons. The van der Waals surface area contributed by atoms with E-state index in [2.05, 4.69) is 6.92 Å². The van der Waals surface area contributed by atoms with Crippen LogP contribution in [0.1, 0.15) is 36.5 Å². The largest absolute Gasteiger partial charge is 0.482 e. The number of hydrogen-bond donors (Lipinski definition) is 0. The maximum absolute atomic E-state index is 12.1. The molecule has 1 aliphatic heterocycles. The Labute approximate surface area is 145 Å². The number of hydrogen-bond acceptors (Lipinski definition) is 5. The molecule has 6 nitrogen and oxygen atoms in total. The number of carbonyl (C=O) groups excluding carboxylic acids is 3. The third-order valence-electron chi connectivity index (χ3n) is 3.64. The van der Waals surface area contributed by atoms with Crippen LogP contribution in [0.4, 0.5) is 5.69 Å². The van der Waals surface area contributed by atoms with Crippen molar-refractivity contribution in [2.45, 2.75) is 26.2 Å². The number of carbonyl (C=O) groups is 3. The van der Waals surface area contributed by atoms with Crippen LogP contribution in [0.25, 0.3) is 0 Å². The summed E-state index contributed by atoms with van der Waals surface area (Å²) in [5.41, 5.74) is 0.746. The summed E-state index contributed by atoms with van der Waals surface area (Å²) in [6.07, 6.45) is 2.81. The van der Waals surface area contributed by atoms with Crippen LogP contribution < -0.4 is 9.64 Å². The highest BCUT2D eigenvalue weighted by molar-refractivity contribution is 6.30. The first-order chi connectivity index (χ1) is 11.6. The summed E-state index contributed by atoms with van der Waals surface area (Å²) in [7, 11) is 0. The number of esters is 1. The summed E-state index contributed by atoms with van der Waals surface area (Å²) >= 11 is 5.57. The molecule has 0 unspecified atom stereocenters. The van der Waals surface area contributed by atoms with Crippen LogP contribution in [0.5, 0.6) is 5.75 Å². The van der Waals surface area contributed by atoms with Gasteiger partial charge in [0, 0.05) is 5.56 Å². The lowest BCUT2D eigenvalue weighted by Crippen LogP contribution is -2.42. The van der Waals surface area contributed by atoms with Gasteiger partial charge in [-0.15, -0.1) is 11.6 Å². The topological polar surface area (TPSA) is 72.9 Å². The summed E-state index contributed by atoms with van der Waals surface area (Å²) in [5, 5.41) is 0. The van der Waals surface area contributed by atoms with Gasteiger partial charge in [-0.25, -0.2) is 0 Å². The van der Waals surface area contributed by atoms with Crippen LogP contribution in [-0.2, 0) is 14.3 Å². The third kappa shape index (κ3) is 4.47. The minimum atomic E-state index is -0.485. The fourth-order valence-corrected chi connectivity index (χ4v) is 2.49. The minimum Gasteiger partial charge on any atom is -0.482 e. The van der Waals surface area contributed by atoms with Crippen molar-refractivity contribution in [3.63, 3.8) is 0 Å². The Morgan fingerprint density at radius 3 is 2.83 bits per heavy atom. The number of Topliss-reactive ketones (excluding diaryl/α,β-unsaturated/α-hetero) is 1. The van der Waals surface area contributed by atoms with E-state index in [9.17, 15) is 14.4 Å². The Bertz CT molecular complexity index is 631. The highest BCUT2D eigenvalue weighted by Gasteiger charge is 2.28. The summed E-state index contributed by atoms with van der Waals surface area (Å²) in [6.45, 7) is 2.03. The van der Waals surface area contributed by atoms with Crippen LogP contribution in [0.15, 0.2) is 18.2 Å². The van der Waals surface area contributed by atoms with Gasteiger partial charge in [0.2, 0.25) is 0 Å². The lowest BCUT2D eigenvalue weighted by atomic mass is 10.1. The van der Waals surface area contributed by atoms with Gasteiger partial charge in [-0.1, -0.05) is 19.8 Å². The van der Waals surface area contributed by atoms with Crippen molar-refractivity contribution in [1.29, 1.82) is 0 Å². The van der Waals surface area contributed by atoms with Gasteiger partial charge in [-0.2, -0.15) is 0 Å². The first kappa shape index (κ1) is 18.3. The highest BCUT2D eigenvalue weighted by atomic mass is 35.5. The van der Waals surface area contributed by atoms with Crippen LogP contribution in [0.2, 0.25) is 0 Å². The monoisotopic (exact) mass is 353 g/mol. The number of halogens is 1. The third-order valence-corrected chi connectivity index (χ3v) is 3.89. The number of fused-ring (bicyclic) bond motifs is 1. The van der Waals surface area contributed by atoms with E-state index in [-0.39, 0.29) is 30.7 Å². The van der Waals surface area contributed by atoms with Gasteiger partial charge < -0.3 is 9.47 Å². The Hall–Kier alpha value is -2.08. The predicted molar refractivity (Wildman–Crippen MR) is 89.8 cm³/mol. The van der Waals surface area contributed by atoms with Crippen molar-refractivity contribution in [2.24, 2.45) is 0 Å². The molecule has 1 heterocycles. The molecule has 0 aliphatic carbocycles. The maximum atomic E-state index is 12.1. The van der Waals surface area contributed by atoms with E-state index in [0.717, 1.165) is 19.3 Å². The number of ether oxygens (including phenoxy) is 2. The van der Waals surface area contributed by atoms with E-state index in [1.165, 1.54) is 11.0 Å². The summed E-state index contributed by atoms with van der Waals surface area (Å²) in [4.78, 5) is 37.1. The number of amides is 1. The van der Waals surface area contributed by atoms with E-state index in [0.29, 0.717) is 23.6 Å². The molecular weight excluding hydrogens is 334 g/mol. The number of unbranched alkanes of at least 4 members (excludes halogenated alkanes) is 2. The average molecular weight is 354 g/mol. The molecule has 24 heavy (non-hydrogen) atoms. The fourth-order valence-electron chi connectivity index (χ4n) is 2.34. The number of ketones is 1. The molecular formula is C17H20ClNO5. The van der Waals surface area contributed by atoms with Crippen LogP contribution in [0.3, 0.4) is 0 Å². The summed E-state index contributed by atoms with van der Waals surface area (Å²) in [5.74, 6) is -0.823. The lowest BCUT2D eigenvalue weighted by molar-refractivity contribution is -0.143. The molecule has 0 N–H and O–H groups in total. The number of anilines is 1. The Morgan fingerprint density at radius 2 is 2.12 bits per heavy atom. The molecule has 0 spiro atoms. The first-order valence-corrected chi connectivity index (χ1v) is 8.42. The van der Waals surface area contributed by atoms with Gasteiger partial charge in [-0.3, -0.25) is 19.3 Å². The lowest BCUT2D eigenvalue weighted by Gasteiger charge is -2.28. The molecule has 0 atom stereocenters. The number of alkyl halides is 1. The molecule has 0 saturated heterocycles. The predicted octanol–water partition coefficient (Wildman–Crippen LogP) is 2.57. The normalized spacial score (nSPS) is 13.2. The number of rotatable bonds is 8. The molecule has 7 heteroatoms. The van der Waals surface area contributed by atoms with Crippen LogP contribution in [-0.4, -0.2) is 43.3 Å². The zero-order valence-corrected chi connectivity index (χ0v) is 14.3. The van der Waals surface area contributed by atoms with E-state index in [4.69, 9.17) is 21.1 Å². The van der Waals surface area contributed by atoms with Crippen molar-refractivity contribution < 1.29 is 23.9 Å². The molecule has 0 radical (unpaired) electrons. The molecule has 1 aromatic rings. The number of nitrogens with zero attached hydrogens (tertiary/aromatic N) is 1. The second kappa shape index (κ2) is 8.68. The standard InChI is InChI=1S/C17H20ClNO5/c1-2-3-4-7-23-17(22)10-19-13-8-12(14(20)9-18)5-6-15(13)24-11-16(19)21/h5-6,8H,2-4,7,9-11H2,1H3. The molecule has 1 aliphatic rings. The molecule has 2 rings (SSSR count). The van der Waals surface area contributed by atoms with Gasteiger partial charge in [0.25, 0.3) is 5.91 Å². The molecule has 1 aromatic carbocycles. The summed E-state index contributed by atoms with van der Waals surface area (Å²) in [6, 6.07) is 4.70. The summed E-state index contributed by atoms with van der Waals surface area (Å²) < 4.78 is 10.5. The van der Waals surface area contributed by atoms with Gasteiger partial charge in [-0.05, 0) is 24.6 Å². The quantitative estimate of drug-likeness (QED) is 0.311. The van der Waals surface area contributed by atoms with Crippen molar-refractivity contribution >= 4 is 34.9 Å². The minimum absolute atomic E-state index is 0.154.